The van der Waals surface area contributed by atoms with Crippen molar-refractivity contribution in [2.75, 3.05) is 5.32 Å². The number of benzene rings is 1. The van der Waals surface area contributed by atoms with Gasteiger partial charge in [0.15, 0.2) is 11.6 Å². The fourth-order valence-corrected chi connectivity index (χ4v) is 6.01. The zero-order valence-electron chi connectivity index (χ0n) is 22.4. The van der Waals surface area contributed by atoms with Gasteiger partial charge in [-0.25, -0.2) is 14.1 Å². The fraction of sp³-hybridized carbons (Fsp3) is 0.429. The summed E-state index contributed by atoms with van der Waals surface area (Å²) in [6.45, 7) is 6.22. The van der Waals surface area contributed by atoms with Crippen LogP contribution in [0.5, 0.6) is 5.75 Å². The first-order valence-corrected chi connectivity index (χ1v) is 13.9. The lowest BCUT2D eigenvalue weighted by Crippen LogP contribution is -2.38. The van der Waals surface area contributed by atoms with E-state index in [2.05, 4.69) is 41.4 Å². The van der Waals surface area contributed by atoms with Gasteiger partial charge >= 0.3 is 6.18 Å². The van der Waals surface area contributed by atoms with Crippen LogP contribution in [-0.4, -0.2) is 31.1 Å². The van der Waals surface area contributed by atoms with E-state index < -0.39 is 23.7 Å². The van der Waals surface area contributed by atoms with Gasteiger partial charge in [0.05, 0.1) is 23.4 Å². The van der Waals surface area contributed by atoms with Gasteiger partial charge in [-0.2, -0.15) is 18.3 Å². The van der Waals surface area contributed by atoms with Gasteiger partial charge in [0.25, 0.3) is 0 Å². The molecule has 0 aliphatic heterocycles. The first-order chi connectivity index (χ1) is 18.9. The predicted octanol–water partition coefficient (Wildman–Crippen LogP) is 7.29. The Bertz CT molecular complexity index is 1440. The van der Waals surface area contributed by atoms with E-state index in [0.717, 1.165) is 28.7 Å². The molecule has 1 fully saturated rings. The number of aromatic nitrogens is 5. The Balaban J connectivity index is 1.33. The molecule has 0 amide bonds. The third-order valence-corrected chi connectivity index (χ3v) is 8.06. The van der Waals surface area contributed by atoms with Crippen molar-refractivity contribution in [2.45, 2.75) is 76.1 Å². The fourth-order valence-electron chi connectivity index (χ4n) is 5.19. The summed E-state index contributed by atoms with van der Waals surface area (Å²) in [6, 6.07) is 10.8. The lowest BCUT2D eigenvalue weighted by Gasteiger charge is -2.38. The van der Waals surface area contributed by atoms with E-state index in [0.29, 0.717) is 37.9 Å². The summed E-state index contributed by atoms with van der Waals surface area (Å²) in [5.74, 6) is -0.237. The van der Waals surface area contributed by atoms with Crippen molar-refractivity contribution in [2.24, 2.45) is 0 Å². The average molecular weight is 575 g/mol. The Morgan fingerprint density at radius 3 is 2.50 bits per heavy atom. The van der Waals surface area contributed by atoms with E-state index in [1.54, 1.807) is 11.7 Å². The van der Waals surface area contributed by atoms with E-state index in [9.17, 15) is 17.6 Å². The van der Waals surface area contributed by atoms with Crippen LogP contribution in [0.25, 0.3) is 0 Å². The van der Waals surface area contributed by atoms with Crippen molar-refractivity contribution in [1.82, 2.24) is 25.0 Å². The summed E-state index contributed by atoms with van der Waals surface area (Å²) in [5, 5.41) is 17.1. The van der Waals surface area contributed by atoms with E-state index in [-0.39, 0.29) is 16.7 Å². The Morgan fingerprint density at radius 2 is 1.82 bits per heavy atom. The van der Waals surface area contributed by atoms with Crippen LogP contribution in [0, 0.1) is 5.82 Å². The molecule has 212 valence electrons. The Morgan fingerprint density at radius 1 is 1.07 bits per heavy atom. The number of nitrogens with zero attached hydrogens (tertiary/aromatic N) is 5. The van der Waals surface area contributed by atoms with Crippen molar-refractivity contribution in [3.05, 3.63) is 76.3 Å². The monoisotopic (exact) mass is 574 g/mol. The molecule has 1 aromatic carbocycles. The molecule has 3 heterocycles. The molecule has 4 aromatic rings. The van der Waals surface area contributed by atoms with Crippen molar-refractivity contribution in [3.8, 4) is 5.75 Å². The summed E-state index contributed by atoms with van der Waals surface area (Å²) in [6.07, 6.45) is -0.527. The quantitative estimate of drug-likeness (QED) is 0.234. The molecule has 1 saturated carbocycles. The van der Waals surface area contributed by atoms with Gasteiger partial charge in [-0.15, -0.1) is 21.5 Å². The summed E-state index contributed by atoms with van der Waals surface area (Å²) < 4.78 is 61.7. The van der Waals surface area contributed by atoms with E-state index in [4.69, 9.17) is 9.72 Å². The molecule has 12 heteroatoms. The highest BCUT2D eigenvalue weighted by Gasteiger charge is 2.41. The van der Waals surface area contributed by atoms with Gasteiger partial charge in [0.1, 0.15) is 22.2 Å². The molecule has 0 atom stereocenters. The third-order valence-electron chi connectivity index (χ3n) is 7.13. The maximum atomic E-state index is 14.6. The third kappa shape index (κ3) is 5.96. The normalized spacial score (nSPS) is 19.9. The molecule has 40 heavy (non-hydrogen) atoms. The number of nitrogens with one attached hydrogen (secondary N) is 1. The van der Waals surface area contributed by atoms with Crippen LogP contribution in [0.4, 0.5) is 29.2 Å². The molecule has 1 N–H and O–H groups in total. The maximum absolute atomic E-state index is 14.6. The number of pyridine rings is 1. The van der Waals surface area contributed by atoms with Gasteiger partial charge < -0.3 is 10.1 Å². The van der Waals surface area contributed by atoms with Crippen molar-refractivity contribution in [3.63, 3.8) is 0 Å². The van der Waals surface area contributed by atoms with E-state index >= 15 is 0 Å². The Labute approximate surface area is 233 Å². The maximum Gasteiger partial charge on any atom is 0.419 e. The summed E-state index contributed by atoms with van der Waals surface area (Å²) >= 11 is 1.47. The lowest BCUT2D eigenvalue weighted by atomic mass is 9.70. The number of alkyl halides is 3. The molecular formula is C28H30F4N6OS. The van der Waals surface area contributed by atoms with E-state index in [1.807, 2.05) is 28.9 Å². The molecule has 1 aliphatic rings. The molecule has 0 saturated heterocycles. The van der Waals surface area contributed by atoms with Crippen molar-refractivity contribution in [1.29, 1.82) is 0 Å². The second-order valence-corrected chi connectivity index (χ2v) is 11.9. The molecule has 0 unspecified atom stereocenters. The van der Waals surface area contributed by atoms with Crippen LogP contribution in [-0.2, 0) is 23.6 Å². The first kappa shape index (κ1) is 28.0. The van der Waals surface area contributed by atoms with Crippen molar-refractivity contribution < 1.29 is 22.3 Å². The zero-order valence-corrected chi connectivity index (χ0v) is 23.2. The number of anilines is 2. The molecule has 0 bridgehead atoms. The smallest absolute Gasteiger partial charge is 0.419 e. The standard InChI is InChI=1S/C28H30F4N6OS/c1-26(2,3)38-23(12-15-34-38)36-22-9-4-6-18(35-22)16-27(25-37-33-17-40-25)13-10-19(11-14-27)39-21-8-5-7-20(24(21)29)28(30,31)32/h4-9,12,15,17,19H,10-11,13-14,16H2,1-3H3,(H,35,36)/t19-,27+. The highest BCUT2D eigenvalue weighted by Crippen LogP contribution is 2.44. The topological polar surface area (TPSA) is 77.8 Å². The predicted molar refractivity (Wildman–Crippen MR) is 144 cm³/mol. The van der Waals surface area contributed by atoms with Crippen LogP contribution in [0.3, 0.4) is 0 Å². The number of halogens is 4. The SMILES string of the molecule is CC(C)(C)n1nccc1Nc1cccc(C[C@]2(c3nncs3)CC[C@@H](Oc3cccc(C(F)(F)F)c3F)CC2)n1. The zero-order chi connectivity index (χ0) is 28.5. The molecule has 7 nitrogen and oxygen atoms in total. The largest absolute Gasteiger partial charge is 0.487 e. The van der Waals surface area contributed by atoms with Gasteiger partial charge in [-0.05, 0) is 70.7 Å². The first-order valence-electron chi connectivity index (χ1n) is 13.0. The minimum Gasteiger partial charge on any atom is -0.487 e. The number of ether oxygens (including phenoxy) is 1. The molecule has 0 radical (unpaired) electrons. The van der Waals surface area contributed by atoms with Crippen molar-refractivity contribution >= 4 is 23.0 Å². The highest BCUT2D eigenvalue weighted by atomic mass is 32.1. The van der Waals surface area contributed by atoms with Crippen LogP contribution in [0.1, 0.15) is 62.7 Å². The van der Waals surface area contributed by atoms with Crippen LogP contribution >= 0.6 is 11.3 Å². The highest BCUT2D eigenvalue weighted by molar-refractivity contribution is 7.09. The average Bonchev–Trinajstić information content (AvgIpc) is 3.59. The van der Waals surface area contributed by atoms with Gasteiger partial charge in [0.2, 0.25) is 0 Å². The second-order valence-electron chi connectivity index (χ2n) is 11.1. The molecule has 3 aromatic heterocycles. The minimum absolute atomic E-state index is 0.205. The van der Waals surface area contributed by atoms with E-state index in [1.165, 1.54) is 17.4 Å². The summed E-state index contributed by atoms with van der Waals surface area (Å²) in [5.41, 5.74) is 0.658. The Hall–Kier alpha value is -3.54. The summed E-state index contributed by atoms with van der Waals surface area (Å²) in [4.78, 5) is 4.87. The number of hydrogen-bond donors (Lipinski definition) is 1. The minimum atomic E-state index is -4.79. The van der Waals surface area contributed by atoms with Crippen LogP contribution < -0.4 is 10.1 Å². The molecule has 1 aliphatic carbocycles. The molecular weight excluding hydrogens is 544 g/mol. The van der Waals surface area contributed by atoms with Crippen LogP contribution in [0.2, 0.25) is 0 Å². The summed E-state index contributed by atoms with van der Waals surface area (Å²) in [7, 11) is 0. The molecule has 0 spiro atoms. The number of rotatable bonds is 7. The van der Waals surface area contributed by atoms with Gasteiger partial charge in [-0.3, -0.25) is 0 Å². The number of hydrogen-bond acceptors (Lipinski definition) is 7. The van der Waals surface area contributed by atoms with Gasteiger partial charge in [0, 0.05) is 23.6 Å². The molecule has 5 rings (SSSR count). The van der Waals surface area contributed by atoms with Crippen LogP contribution in [0.15, 0.2) is 54.2 Å². The van der Waals surface area contributed by atoms with Gasteiger partial charge in [-0.1, -0.05) is 12.1 Å². The lowest BCUT2D eigenvalue weighted by molar-refractivity contribution is -0.140. The second kappa shape index (κ2) is 10.8. The Kier molecular flexibility index (Phi) is 7.56.